The summed E-state index contributed by atoms with van der Waals surface area (Å²) in [6, 6.07) is 0. The first-order valence-corrected chi connectivity index (χ1v) is 5.36. The summed E-state index contributed by atoms with van der Waals surface area (Å²) in [6.07, 6.45) is 8.28. The molecule has 0 spiro atoms. The molecular formula is C11H16FN3. The Morgan fingerprint density at radius 3 is 2.73 bits per heavy atom. The van der Waals surface area contributed by atoms with Crippen LogP contribution in [0.3, 0.4) is 0 Å². The molecule has 1 aliphatic rings. The van der Waals surface area contributed by atoms with Crippen molar-refractivity contribution in [3.05, 3.63) is 18.6 Å². The highest BCUT2D eigenvalue weighted by Gasteiger charge is 2.34. The third-order valence-electron chi connectivity index (χ3n) is 2.96. The lowest BCUT2D eigenvalue weighted by Gasteiger charge is -2.26. The Labute approximate surface area is 89.3 Å². The van der Waals surface area contributed by atoms with Crippen molar-refractivity contribution in [2.45, 2.75) is 31.4 Å². The first-order valence-electron chi connectivity index (χ1n) is 5.36. The zero-order valence-corrected chi connectivity index (χ0v) is 8.99. The van der Waals surface area contributed by atoms with Gasteiger partial charge in [0.15, 0.2) is 0 Å². The van der Waals surface area contributed by atoms with Crippen LogP contribution in [0.2, 0.25) is 0 Å². The van der Waals surface area contributed by atoms with E-state index in [0.29, 0.717) is 19.4 Å². The van der Waals surface area contributed by atoms with Gasteiger partial charge < -0.3 is 4.90 Å². The molecule has 1 saturated carbocycles. The van der Waals surface area contributed by atoms with Crippen molar-refractivity contribution in [1.29, 1.82) is 0 Å². The fourth-order valence-electron chi connectivity index (χ4n) is 2.16. The molecule has 1 aliphatic carbocycles. The van der Waals surface area contributed by atoms with Crippen LogP contribution < -0.4 is 4.90 Å². The van der Waals surface area contributed by atoms with Crippen molar-refractivity contribution in [1.82, 2.24) is 9.97 Å². The van der Waals surface area contributed by atoms with Gasteiger partial charge in [-0.2, -0.15) is 0 Å². The van der Waals surface area contributed by atoms with Crippen LogP contribution in [0.25, 0.3) is 0 Å². The normalized spacial score (nSPS) is 19.1. The van der Waals surface area contributed by atoms with Gasteiger partial charge in [-0.15, -0.1) is 0 Å². The van der Waals surface area contributed by atoms with E-state index in [4.69, 9.17) is 0 Å². The second-order valence-electron chi connectivity index (χ2n) is 4.28. The van der Waals surface area contributed by atoms with E-state index in [1.54, 1.807) is 18.6 Å². The van der Waals surface area contributed by atoms with Gasteiger partial charge in [-0.25, -0.2) is 9.37 Å². The van der Waals surface area contributed by atoms with E-state index in [9.17, 15) is 4.39 Å². The molecular weight excluding hydrogens is 193 g/mol. The predicted octanol–water partition coefficient (Wildman–Crippen LogP) is 2.20. The van der Waals surface area contributed by atoms with Gasteiger partial charge in [0.25, 0.3) is 0 Å². The summed E-state index contributed by atoms with van der Waals surface area (Å²) in [5.41, 5.74) is -1.02. The molecule has 1 aromatic heterocycles. The van der Waals surface area contributed by atoms with E-state index in [2.05, 4.69) is 9.97 Å². The standard InChI is InChI=1S/C11H16FN3/c1-15(10-8-13-6-7-14-10)9-11(12)4-2-3-5-11/h6-8H,2-5,9H2,1H3. The summed E-state index contributed by atoms with van der Waals surface area (Å²) in [5, 5.41) is 0. The molecule has 0 unspecified atom stereocenters. The maximum absolute atomic E-state index is 14.2. The lowest BCUT2D eigenvalue weighted by atomic mass is 10.0. The Hall–Kier alpha value is -1.19. The molecule has 82 valence electrons. The smallest absolute Gasteiger partial charge is 0.146 e. The van der Waals surface area contributed by atoms with Gasteiger partial charge in [-0.05, 0) is 12.8 Å². The van der Waals surface area contributed by atoms with Gasteiger partial charge in [0.05, 0.1) is 12.7 Å². The van der Waals surface area contributed by atoms with E-state index in [0.717, 1.165) is 18.7 Å². The highest BCUT2D eigenvalue weighted by atomic mass is 19.1. The van der Waals surface area contributed by atoms with E-state index in [1.807, 2.05) is 11.9 Å². The van der Waals surface area contributed by atoms with Gasteiger partial charge in [0.1, 0.15) is 11.5 Å². The Morgan fingerprint density at radius 1 is 1.40 bits per heavy atom. The number of alkyl halides is 1. The van der Waals surface area contributed by atoms with Crippen LogP contribution in [0.15, 0.2) is 18.6 Å². The molecule has 0 bridgehead atoms. The highest BCUT2D eigenvalue weighted by Crippen LogP contribution is 2.34. The molecule has 4 heteroatoms. The Bertz CT molecular complexity index is 309. The fraction of sp³-hybridized carbons (Fsp3) is 0.636. The number of aromatic nitrogens is 2. The quantitative estimate of drug-likeness (QED) is 0.764. The number of anilines is 1. The first-order chi connectivity index (χ1) is 7.20. The number of rotatable bonds is 3. The molecule has 1 heterocycles. The summed E-state index contributed by atoms with van der Waals surface area (Å²) in [4.78, 5) is 9.97. The molecule has 0 radical (unpaired) electrons. The fourth-order valence-corrected chi connectivity index (χ4v) is 2.16. The SMILES string of the molecule is CN(CC1(F)CCCC1)c1cnccn1. The Balaban J connectivity index is 2.00. The van der Waals surface area contributed by atoms with Crippen molar-refractivity contribution >= 4 is 5.82 Å². The third-order valence-corrected chi connectivity index (χ3v) is 2.96. The van der Waals surface area contributed by atoms with Crippen LogP contribution >= 0.6 is 0 Å². The molecule has 0 atom stereocenters. The van der Waals surface area contributed by atoms with Crippen molar-refractivity contribution < 1.29 is 4.39 Å². The highest BCUT2D eigenvalue weighted by molar-refractivity contribution is 5.34. The topological polar surface area (TPSA) is 29.0 Å². The average molecular weight is 209 g/mol. The van der Waals surface area contributed by atoms with Crippen molar-refractivity contribution in [2.75, 3.05) is 18.5 Å². The van der Waals surface area contributed by atoms with Crippen molar-refractivity contribution in [3.8, 4) is 0 Å². The molecule has 0 aromatic carbocycles. The van der Waals surface area contributed by atoms with E-state index < -0.39 is 5.67 Å². The molecule has 1 fully saturated rings. The lowest BCUT2D eigenvalue weighted by Crippen LogP contribution is -2.36. The Kier molecular flexibility index (Phi) is 2.84. The van der Waals surface area contributed by atoms with Gasteiger partial charge >= 0.3 is 0 Å². The summed E-state index contributed by atoms with van der Waals surface area (Å²) in [7, 11) is 1.86. The minimum Gasteiger partial charge on any atom is -0.355 e. The molecule has 0 N–H and O–H groups in total. The van der Waals surface area contributed by atoms with Gasteiger partial charge in [0.2, 0.25) is 0 Å². The minimum absolute atomic E-state index is 0.422. The summed E-state index contributed by atoms with van der Waals surface area (Å²) in [5.74, 6) is 0.737. The summed E-state index contributed by atoms with van der Waals surface area (Å²) in [6.45, 7) is 0.422. The molecule has 0 saturated heterocycles. The molecule has 0 amide bonds. The van der Waals surface area contributed by atoms with Crippen LogP contribution in [-0.4, -0.2) is 29.2 Å². The molecule has 0 aliphatic heterocycles. The Morgan fingerprint density at radius 2 is 2.13 bits per heavy atom. The van der Waals surface area contributed by atoms with Gasteiger partial charge in [0, 0.05) is 19.4 Å². The van der Waals surface area contributed by atoms with Crippen LogP contribution in [-0.2, 0) is 0 Å². The van der Waals surface area contributed by atoms with E-state index >= 15 is 0 Å². The van der Waals surface area contributed by atoms with Gasteiger partial charge in [-0.3, -0.25) is 4.98 Å². The lowest BCUT2D eigenvalue weighted by molar-refractivity contribution is 0.181. The number of nitrogens with zero attached hydrogens (tertiary/aromatic N) is 3. The second kappa shape index (κ2) is 4.13. The zero-order chi connectivity index (χ0) is 10.7. The molecule has 1 aromatic rings. The van der Waals surface area contributed by atoms with Crippen LogP contribution in [0.4, 0.5) is 10.2 Å². The number of hydrogen-bond donors (Lipinski definition) is 0. The molecule has 15 heavy (non-hydrogen) atoms. The first kappa shape index (κ1) is 10.3. The zero-order valence-electron chi connectivity index (χ0n) is 8.99. The van der Waals surface area contributed by atoms with Gasteiger partial charge in [-0.1, -0.05) is 12.8 Å². The van der Waals surface area contributed by atoms with Crippen molar-refractivity contribution in [2.24, 2.45) is 0 Å². The molecule has 3 nitrogen and oxygen atoms in total. The summed E-state index contributed by atoms with van der Waals surface area (Å²) < 4.78 is 14.2. The van der Waals surface area contributed by atoms with E-state index in [-0.39, 0.29) is 0 Å². The average Bonchev–Trinajstić information content (AvgIpc) is 2.66. The molecule has 2 rings (SSSR count). The van der Waals surface area contributed by atoms with Crippen molar-refractivity contribution in [3.63, 3.8) is 0 Å². The monoisotopic (exact) mass is 209 g/mol. The third kappa shape index (κ3) is 2.43. The maximum Gasteiger partial charge on any atom is 0.146 e. The van der Waals surface area contributed by atoms with Crippen LogP contribution in [0, 0.1) is 0 Å². The predicted molar refractivity (Wildman–Crippen MR) is 57.6 cm³/mol. The van der Waals surface area contributed by atoms with Crippen LogP contribution in [0.5, 0.6) is 0 Å². The van der Waals surface area contributed by atoms with E-state index in [1.165, 1.54) is 0 Å². The minimum atomic E-state index is -1.02. The second-order valence-corrected chi connectivity index (χ2v) is 4.28. The van der Waals surface area contributed by atoms with Crippen LogP contribution in [0.1, 0.15) is 25.7 Å². The number of hydrogen-bond acceptors (Lipinski definition) is 3. The largest absolute Gasteiger partial charge is 0.355 e. The number of halogens is 1. The maximum atomic E-state index is 14.2. The summed E-state index contributed by atoms with van der Waals surface area (Å²) >= 11 is 0.